The fourth-order valence-electron chi connectivity index (χ4n) is 8.14. The first kappa shape index (κ1) is 19.3. The second kappa shape index (κ2) is 6.17. The largest absolute Gasteiger partial charge is 0.469 e. The van der Waals surface area contributed by atoms with Crippen molar-refractivity contribution < 1.29 is 28.9 Å². The van der Waals surface area contributed by atoms with Gasteiger partial charge in [0.1, 0.15) is 11.0 Å². The molecule has 4 saturated carbocycles. The number of ether oxygens (including phenoxy) is 3. The van der Waals surface area contributed by atoms with Gasteiger partial charge in [-0.25, -0.2) is 0 Å². The summed E-state index contributed by atoms with van der Waals surface area (Å²) >= 11 is 0. The zero-order valence-electron chi connectivity index (χ0n) is 17.0. The summed E-state index contributed by atoms with van der Waals surface area (Å²) in [5, 5.41) is 11.1. The normalized spacial score (nSPS) is 49.4. The first-order chi connectivity index (χ1) is 13.9. The van der Waals surface area contributed by atoms with E-state index in [0.29, 0.717) is 18.8 Å². The van der Waals surface area contributed by atoms with Crippen molar-refractivity contribution in [3.05, 3.63) is 24.8 Å². The van der Waals surface area contributed by atoms with Crippen LogP contribution in [0.25, 0.3) is 0 Å². The molecule has 5 fully saturated rings. The molecule has 8 atom stereocenters. The maximum atomic E-state index is 13.3. The lowest BCUT2D eigenvalue weighted by molar-refractivity contribution is -0.168. The van der Waals surface area contributed by atoms with Crippen molar-refractivity contribution in [2.45, 2.75) is 50.2 Å². The van der Waals surface area contributed by atoms with Crippen molar-refractivity contribution in [2.75, 3.05) is 20.3 Å². The van der Waals surface area contributed by atoms with E-state index in [9.17, 15) is 14.7 Å². The highest BCUT2D eigenvalue weighted by Gasteiger charge is 2.84. The van der Waals surface area contributed by atoms with Gasteiger partial charge >= 0.3 is 11.9 Å². The number of aliphatic hydroxyl groups excluding tert-OH is 1. The standard InChI is InChI=1S/C23H30O6/c1-4-9-28-12-22-16(24)7-8-23(29-20(22)26)15-6-5-14-11-21(15,10-13(14)2)17(18(22)23)19(25)27-3/h4,14-18,24H,1-2,5-12H2,3H3/t14-,15-,16+,17-,18-,21+,22+,23-/m1/s1. The summed E-state index contributed by atoms with van der Waals surface area (Å²) in [6, 6.07) is 0. The van der Waals surface area contributed by atoms with Crippen LogP contribution < -0.4 is 0 Å². The monoisotopic (exact) mass is 402 g/mol. The van der Waals surface area contributed by atoms with Gasteiger partial charge in [0.05, 0.1) is 32.3 Å². The van der Waals surface area contributed by atoms with Crippen LogP contribution in [0.2, 0.25) is 0 Å². The quantitative estimate of drug-likeness (QED) is 0.432. The number of esters is 2. The maximum absolute atomic E-state index is 13.3. The van der Waals surface area contributed by atoms with E-state index < -0.39 is 34.9 Å². The molecule has 1 heterocycles. The highest BCUT2D eigenvalue weighted by molar-refractivity contribution is 5.86. The van der Waals surface area contributed by atoms with Crippen molar-refractivity contribution in [1.29, 1.82) is 0 Å². The molecule has 0 aromatic heterocycles. The van der Waals surface area contributed by atoms with Gasteiger partial charge in [-0.05, 0) is 49.9 Å². The third-order valence-electron chi connectivity index (χ3n) is 8.98. The van der Waals surface area contributed by atoms with Crippen LogP contribution in [-0.2, 0) is 23.8 Å². The Morgan fingerprint density at radius 2 is 2.17 bits per heavy atom. The lowest BCUT2D eigenvalue weighted by Gasteiger charge is -2.45. The zero-order chi connectivity index (χ0) is 20.6. The molecule has 0 radical (unpaired) electrons. The molecular weight excluding hydrogens is 372 g/mol. The Kier molecular flexibility index (Phi) is 4.11. The van der Waals surface area contributed by atoms with Gasteiger partial charge in [-0.1, -0.05) is 18.2 Å². The molecule has 0 amide bonds. The lowest BCUT2D eigenvalue weighted by atomic mass is 9.58. The molecule has 1 spiro atoms. The number of hydrogen-bond donors (Lipinski definition) is 1. The highest BCUT2D eigenvalue weighted by Crippen LogP contribution is 2.78. The number of allylic oxidation sites excluding steroid dienone is 1. The Balaban J connectivity index is 1.69. The average Bonchev–Trinajstić information content (AvgIpc) is 3.17. The Morgan fingerprint density at radius 1 is 1.38 bits per heavy atom. The highest BCUT2D eigenvalue weighted by atomic mass is 16.6. The van der Waals surface area contributed by atoms with Gasteiger partial charge in [0, 0.05) is 11.8 Å². The van der Waals surface area contributed by atoms with E-state index in [4.69, 9.17) is 14.2 Å². The van der Waals surface area contributed by atoms with Gasteiger partial charge in [-0.15, -0.1) is 6.58 Å². The summed E-state index contributed by atoms with van der Waals surface area (Å²) < 4.78 is 17.3. The fourth-order valence-corrected chi connectivity index (χ4v) is 8.14. The smallest absolute Gasteiger partial charge is 0.318 e. The van der Waals surface area contributed by atoms with Crippen LogP contribution in [0, 0.1) is 34.5 Å². The molecule has 1 aliphatic heterocycles. The Bertz CT molecular complexity index is 790. The van der Waals surface area contributed by atoms with E-state index in [1.807, 2.05) is 0 Å². The van der Waals surface area contributed by atoms with Crippen LogP contribution in [0.1, 0.15) is 38.5 Å². The van der Waals surface area contributed by atoms with Crippen molar-refractivity contribution in [3.8, 4) is 0 Å². The summed E-state index contributed by atoms with van der Waals surface area (Å²) in [7, 11) is 1.41. The summed E-state index contributed by atoms with van der Waals surface area (Å²) in [4.78, 5) is 26.6. The van der Waals surface area contributed by atoms with E-state index in [1.54, 1.807) is 6.08 Å². The molecule has 1 saturated heterocycles. The first-order valence-corrected chi connectivity index (χ1v) is 10.7. The van der Waals surface area contributed by atoms with Crippen LogP contribution in [0.15, 0.2) is 24.8 Å². The average molecular weight is 402 g/mol. The molecule has 6 heteroatoms. The molecule has 29 heavy (non-hydrogen) atoms. The van der Waals surface area contributed by atoms with Crippen LogP contribution >= 0.6 is 0 Å². The number of fused-ring (bicyclic) bond motifs is 1. The number of rotatable bonds is 5. The minimum absolute atomic E-state index is 0.0338. The third-order valence-corrected chi connectivity index (χ3v) is 8.98. The number of carbonyl (C=O) groups is 2. The van der Waals surface area contributed by atoms with E-state index in [0.717, 1.165) is 25.7 Å². The van der Waals surface area contributed by atoms with Gasteiger partial charge < -0.3 is 19.3 Å². The van der Waals surface area contributed by atoms with Gasteiger partial charge in [0.15, 0.2) is 0 Å². The minimum Gasteiger partial charge on any atom is -0.469 e. The van der Waals surface area contributed by atoms with Crippen molar-refractivity contribution in [3.63, 3.8) is 0 Å². The lowest BCUT2D eigenvalue weighted by Crippen LogP contribution is -2.57. The number of aliphatic hydroxyl groups is 1. The molecule has 0 aromatic carbocycles. The zero-order valence-corrected chi connectivity index (χ0v) is 17.0. The summed E-state index contributed by atoms with van der Waals surface area (Å²) in [6.07, 6.45) is 5.40. The van der Waals surface area contributed by atoms with Gasteiger partial charge in [-0.3, -0.25) is 9.59 Å². The molecule has 1 N–H and O–H groups in total. The molecule has 158 valence electrons. The first-order valence-electron chi connectivity index (χ1n) is 10.7. The predicted molar refractivity (Wildman–Crippen MR) is 104 cm³/mol. The second-order valence-electron chi connectivity index (χ2n) is 9.82. The van der Waals surface area contributed by atoms with Crippen molar-refractivity contribution in [1.82, 2.24) is 0 Å². The van der Waals surface area contributed by atoms with E-state index in [2.05, 4.69) is 13.2 Å². The van der Waals surface area contributed by atoms with E-state index >= 15 is 0 Å². The van der Waals surface area contributed by atoms with E-state index in [1.165, 1.54) is 12.7 Å². The van der Waals surface area contributed by atoms with Gasteiger partial charge in [-0.2, -0.15) is 0 Å². The summed E-state index contributed by atoms with van der Waals surface area (Å²) in [5.74, 6) is -1.12. The Labute approximate surface area is 171 Å². The van der Waals surface area contributed by atoms with Crippen molar-refractivity contribution >= 4 is 11.9 Å². The SMILES string of the molecule is C=CCOC[C@]12C(=O)O[C@]3(CC[C@@H]1O)[C@@H]1CC[C@@H]4C[C@]1(CC4=C)[C@@H](C(=O)OC)[C@@H]32. The molecule has 5 rings (SSSR count). The fraction of sp³-hybridized carbons (Fsp3) is 0.739. The molecular formula is C23H30O6. The van der Waals surface area contributed by atoms with Crippen LogP contribution in [-0.4, -0.2) is 49.1 Å². The molecule has 0 aromatic rings. The second-order valence-corrected chi connectivity index (χ2v) is 9.82. The summed E-state index contributed by atoms with van der Waals surface area (Å²) in [6.45, 7) is 8.29. The van der Waals surface area contributed by atoms with Gasteiger partial charge in [0.2, 0.25) is 0 Å². The van der Waals surface area contributed by atoms with Gasteiger partial charge in [0.25, 0.3) is 0 Å². The van der Waals surface area contributed by atoms with Crippen LogP contribution in [0.5, 0.6) is 0 Å². The summed E-state index contributed by atoms with van der Waals surface area (Å²) in [5.41, 5.74) is -1.05. The molecule has 5 aliphatic rings. The number of carbonyl (C=O) groups excluding carboxylic acids is 2. The van der Waals surface area contributed by atoms with Crippen LogP contribution in [0.3, 0.4) is 0 Å². The topological polar surface area (TPSA) is 82.1 Å². The predicted octanol–water partition coefficient (Wildman–Crippen LogP) is 2.41. The maximum Gasteiger partial charge on any atom is 0.318 e. The molecule has 0 unspecified atom stereocenters. The minimum atomic E-state index is -1.23. The number of hydrogen-bond acceptors (Lipinski definition) is 6. The number of methoxy groups -OCH3 is 1. The molecule has 4 bridgehead atoms. The third kappa shape index (κ3) is 2.09. The molecule has 6 nitrogen and oxygen atoms in total. The Hall–Kier alpha value is -1.66. The van der Waals surface area contributed by atoms with E-state index in [-0.39, 0.29) is 30.5 Å². The van der Waals surface area contributed by atoms with Crippen LogP contribution in [0.4, 0.5) is 0 Å². The Morgan fingerprint density at radius 3 is 2.90 bits per heavy atom. The molecule has 4 aliphatic carbocycles. The van der Waals surface area contributed by atoms with Crippen molar-refractivity contribution in [2.24, 2.45) is 34.5 Å².